The van der Waals surface area contributed by atoms with E-state index in [1.807, 2.05) is 0 Å². The molecule has 0 N–H and O–H groups in total. The Labute approximate surface area is 213 Å². The zero-order valence-electron chi connectivity index (χ0n) is 18.8. The Morgan fingerprint density at radius 2 is 1.94 bits per heavy atom. The highest BCUT2D eigenvalue weighted by molar-refractivity contribution is 7.07. The van der Waals surface area contributed by atoms with Gasteiger partial charge in [-0.1, -0.05) is 58.8 Å². The van der Waals surface area contributed by atoms with E-state index in [0.29, 0.717) is 26.6 Å². The van der Waals surface area contributed by atoms with Crippen LogP contribution in [0.25, 0.3) is 6.08 Å². The number of nitro groups is 1. The second kappa shape index (κ2) is 9.77. The number of halogens is 2. The Balaban J connectivity index is 1.96. The zero-order valence-corrected chi connectivity index (χ0v) is 21.1. The molecule has 0 spiro atoms. The zero-order chi connectivity index (χ0) is 25.4. The van der Waals surface area contributed by atoms with Crippen LogP contribution in [0.1, 0.15) is 37.9 Å². The molecule has 0 bridgehead atoms. The van der Waals surface area contributed by atoms with E-state index in [0.717, 1.165) is 11.3 Å². The first-order valence-corrected chi connectivity index (χ1v) is 12.1. The van der Waals surface area contributed by atoms with E-state index in [2.05, 4.69) is 4.99 Å². The molecule has 35 heavy (non-hydrogen) atoms. The fourth-order valence-corrected chi connectivity index (χ4v) is 5.23. The van der Waals surface area contributed by atoms with E-state index < -0.39 is 22.5 Å². The molecule has 0 saturated heterocycles. The molecule has 2 aromatic carbocycles. The largest absolute Gasteiger partial charge is 0.459 e. The van der Waals surface area contributed by atoms with Gasteiger partial charge in [-0.05, 0) is 50.1 Å². The molecule has 1 aliphatic heterocycles. The summed E-state index contributed by atoms with van der Waals surface area (Å²) in [4.78, 5) is 42.2. The van der Waals surface area contributed by atoms with Crippen LogP contribution < -0.4 is 14.9 Å². The van der Waals surface area contributed by atoms with Crippen LogP contribution in [0, 0.1) is 10.1 Å². The summed E-state index contributed by atoms with van der Waals surface area (Å²) < 4.78 is 7.15. The smallest absolute Gasteiger partial charge is 0.338 e. The molecule has 11 heteroatoms. The van der Waals surface area contributed by atoms with Crippen LogP contribution in [-0.2, 0) is 9.53 Å². The summed E-state index contributed by atoms with van der Waals surface area (Å²) in [6.45, 7) is 5.15. The van der Waals surface area contributed by atoms with Gasteiger partial charge in [0.2, 0.25) is 0 Å². The number of nitro benzene ring substituents is 1. The average molecular weight is 532 g/mol. The molecule has 4 rings (SSSR count). The van der Waals surface area contributed by atoms with Crippen molar-refractivity contribution in [3.63, 3.8) is 0 Å². The van der Waals surface area contributed by atoms with Crippen molar-refractivity contribution in [1.82, 2.24) is 4.57 Å². The number of carbonyl (C=O) groups is 1. The van der Waals surface area contributed by atoms with Gasteiger partial charge in [0, 0.05) is 11.1 Å². The molecule has 3 aromatic rings. The molecule has 0 radical (unpaired) electrons. The van der Waals surface area contributed by atoms with E-state index >= 15 is 0 Å². The molecule has 2 heterocycles. The van der Waals surface area contributed by atoms with Crippen LogP contribution in [0.5, 0.6) is 0 Å². The number of thiazole rings is 1. The molecular weight excluding hydrogens is 513 g/mol. The van der Waals surface area contributed by atoms with Crippen LogP contribution in [0.15, 0.2) is 63.5 Å². The third kappa shape index (κ3) is 4.80. The number of benzene rings is 2. The fourth-order valence-electron chi connectivity index (χ4n) is 3.76. The number of nitrogens with zero attached hydrogens (tertiary/aromatic N) is 3. The number of fused-ring (bicyclic) bond motifs is 1. The summed E-state index contributed by atoms with van der Waals surface area (Å²) in [6, 6.07) is 10.4. The molecule has 0 saturated carbocycles. The van der Waals surface area contributed by atoms with Crippen LogP contribution in [0.3, 0.4) is 0 Å². The van der Waals surface area contributed by atoms with Crippen molar-refractivity contribution < 1.29 is 14.5 Å². The summed E-state index contributed by atoms with van der Waals surface area (Å²) in [5, 5.41) is 11.6. The van der Waals surface area contributed by atoms with Crippen molar-refractivity contribution in [3.8, 4) is 0 Å². The third-order valence-electron chi connectivity index (χ3n) is 5.25. The van der Waals surface area contributed by atoms with Crippen molar-refractivity contribution in [1.29, 1.82) is 0 Å². The van der Waals surface area contributed by atoms with Gasteiger partial charge in [-0.15, -0.1) is 0 Å². The minimum atomic E-state index is -0.854. The molecule has 0 fully saturated rings. The number of carbonyl (C=O) groups excluding carboxylic acids is 1. The number of allylic oxidation sites excluding steroid dienone is 1. The molecule has 1 aromatic heterocycles. The first-order chi connectivity index (χ1) is 16.6. The molecule has 1 unspecified atom stereocenters. The van der Waals surface area contributed by atoms with Crippen LogP contribution in [0.4, 0.5) is 5.69 Å². The summed E-state index contributed by atoms with van der Waals surface area (Å²) in [5.41, 5.74) is 0.920. The van der Waals surface area contributed by atoms with E-state index in [4.69, 9.17) is 27.9 Å². The first kappa shape index (κ1) is 24.8. The maximum absolute atomic E-state index is 13.6. The average Bonchev–Trinajstić information content (AvgIpc) is 3.08. The van der Waals surface area contributed by atoms with E-state index in [1.165, 1.54) is 22.8 Å². The van der Waals surface area contributed by atoms with Gasteiger partial charge < -0.3 is 4.74 Å². The second-order valence-electron chi connectivity index (χ2n) is 8.03. The van der Waals surface area contributed by atoms with Gasteiger partial charge in [0.05, 0.1) is 26.8 Å². The van der Waals surface area contributed by atoms with E-state index in [9.17, 15) is 19.7 Å². The van der Waals surface area contributed by atoms with Crippen LogP contribution >= 0.6 is 34.5 Å². The quantitative estimate of drug-likeness (QED) is 0.275. The number of esters is 1. The van der Waals surface area contributed by atoms with Gasteiger partial charge in [-0.2, -0.15) is 0 Å². The molecule has 180 valence electrons. The second-order valence-corrected chi connectivity index (χ2v) is 9.85. The van der Waals surface area contributed by atoms with Crippen molar-refractivity contribution in [3.05, 3.63) is 105 Å². The standard InChI is InChI=1S/C24H19Cl2N3O5S/c1-12(2)34-23(31)20-13(3)27-24-28(21(20)15-6-4-5-7-16(15)25)22(30)19(35-24)11-14-8-9-17(26)18(10-14)29(32)33/h4-12,21H,1-3H3. The molecule has 1 aliphatic rings. The Morgan fingerprint density at radius 1 is 1.23 bits per heavy atom. The monoisotopic (exact) mass is 531 g/mol. The molecule has 0 aliphatic carbocycles. The lowest BCUT2D eigenvalue weighted by Crippen LogP contribution is -2.40. The molecule has 8 nitrogen and oxygen atoms in total. The predicted molar refractivity (Wildman–Crippen MR) is 135 cm³/mol. The van der Waals surface area contributed by atoms with Gasteiger partial charge in [-0.3, -0.25) is 19.5 Å². The maximum atomic E-state index is 13.6. The summed E-state index contributed by atoms with van der Waals surface area (Å²) in [5.74, 6) is -0.589. The highest BCUT2D eigenvalue weighted by Crippen LogP contribution is 2.34. The predicted octanol–water partition coefficient (Wildman–Crippen LogP) is 4.40. The summed E-state index contributed by atoms with van der Waals surface area (Å²) >= 11 is 13.5. The van der Waals surface area contributed by atoms with Crippen molar-refractivity contribution in [2.24, 2.45) is 4.99 Å². The highest BCUT2D eigenvalue weighted by atomic mass is 35.5. The maximum Gasteiger partial charge on any atom is 0.338 e. The fraction of sp³-hybridized carbons (Fsp3) is 0.208. The molecule has 0 amide bonds. The third-order valence-corrected chi connectivity index (χ3v) is 6.90. The molecular formula is C24H19Cl2N3O5S. The van der Waals surface area contributed by atoms with Crippen LogP contribution in [-0.4, -0.2) is 21.6 Å². The van der Waals surface area contributed by atoms with Crippen LogP contribution in [0.2, 0.25) is 10.0 Å². The van der Waals surface area contributed by atoms with Crippen molar-refractivity contribution >= 4 is 52.3 Å². The summed E-state index contributed by atoms with van der Waals surface area (Å²) in [7, 11) is 0. The Morgan fingerprint density at radius 3 is 2.60 bits per heavy atom. The van der Waals surface area contributed by atoms with Gasteiger partial charge in [0.25, 0.3) is 11.2 Å². The topological polar surface area (TPSA) is 104 Å². The lowest BCUT2D eigenvalue weighted by Gasteiger charge is -2.26. The van der Waals surface area contributed by atoms with Gasteiger partial charge in [-0.25, -0.2) is 9.79 Å². The Hall–Kier alpha value is -3.27. The minimum Gasteiger partial charge on any atom is -0.459 e. The number of ether oxygens (including phenoxy) is 1. The highest BCUT2D eigenvalue weighted by Gasteiger charge is 2.34. The SMILES string of the molecule is CC1=C(C(=O)OC(C)C)C(c2ccccc2Cl)n2c(sc(=Cc3ccc(Cl)c([N+](=O)[O-])c3)c2=O)=N1. The Bertz CT molecular complexity index is 1570. The lowest BCUT2D eigenvalue weighted by molar-refractivity contribution is -0.384. The van der Waals surface area contributed by atoms with E-state index in [-0.39, 0.29) is 26.9 Å². The number of aromatic nitrogens is 1. The van der Waals surface area contributed by atoms with E-state index in [1.54, 1.807) is 51.1 Å². The normalized spacial score (nSPS) is 15.7. The number of rotatable bonds is 5. The number of hydrogen-bond donors (Lipinski definition) is 0. The molecule has 1 atom stereocenters. The summed E-state index contributed by atoms with van der Waals surface area (Å²) in [6.07, 6.45) is 1.15. The van der Waals surface area contributed by atoms with Crippen molar-refractivity contribution in [2.45, 2.75) is 32.9 Å². The van der Waals surface area contributed by atoms with Gasteiger partial charge in [0.1, 0.15) is 11.1 Å². The first-order valence-electron chi connectivity index (χ1n) is 10.5. The Kier molecular flexibility index (Phi) is 6.93. The van der Waals surface area contributed by atoms with Crippen molar-refractivity contribution in [2.75, 3.05) is 0 Å². The number of hydrogen-bond acceptors (Lipinski definition) is 7. The minimum absolute atomic E-state index is 0.00346. The lowest BCUT2D eigenvalue weighted by atomic mass is 9.96. The van der Waals surface area contributed by atoms with Gasteiger partial charge in [0.15, 0.2) is 4.80 Å². The van der Waals surface area contributed by atoms with Gasteiger partial charge >= 0.3 is 5.97 Å².